The summed E-state index contributed by atoms with van der Waals surface area (Å²) in [7, 11) is -1.12. The molecule has 0 aromatic carbocycles. The van der Waals surface area contributed by atoms with Crippen LogP contribution in [0.3, 0.4) is 0 Å². The Kier molecular flexibility index (Phi) is 14.5. The molecule has 0 aromatic rings. The summed E-state index contributed by atoms with van der Waals surface area (Å²) < 4.78 is 6.35. The van der Waals surface area contributed by atoms with E-state index >= 15 is 0 Å². The van der Waals surface area contributed by atoms with Gasteiger partial charge in [-0.1, -0.05) is 46.3 Å². The molecule has 6 nitrogen and oxygen atoms in total. The maximum Gasteiger partial charge on any atom is 0.226 e. The van der Waals surface area contributed by atoms with Crippen molar-refractivity contribution in [2.45, 2.75) is 91.2 Å². The van der Waals surface area contributed by atoms with Crippen LogP contribution in [0.2, 0.25) is 0 Å². The smallest absolute Gasteiger partial charge is 0.226 e. The number of amides is 2. The van der Waals surface area contributed by atoms with E-state index in [2.05, 4.69) is 57.1 Å². The molecule has 2 amide bonds. The van der Waals surface area contributed by atoms with E-state index in [1.165, 1.54) is 0 Å². The summed E-state index contributed by atoms with van der Waals surface area (Å²) >= 11 is 0. The van der Waals surface area contributed by atoms with Crippen LogP contribution in [-0.2, 0) is 13.8 Å². The number of carbonyl (C=O) groups excluding carboxylic acids is 2. The normalized spacial score (nSPS) is 25.1. The molecule has 2 aliphatic heterocycles. The summed E-state index contributed by atoms with van der Waals surface area (Å²) in [4.78, 5) is 23.8. The molecule has 2 aliphatic rings. The molecule has 2 saturated heterocycles. The molecule has 0 bridgehead atoms. The lowest BCUT2D eigenvalue weighted by Crippen LogP contribution is -2.46. The summed E-state index contributed by atoms with van der Waals surface area (Å²) in [6.45, 7) is 23.3. The monoisotopic (exact) mass is 513 g/mol. The highest BCUT2D eigenvalue weighted by Crippen LogP contribution is 2.54. The average molecular weight is 514 g/mol. The van der Waals surface area contributed by atoms with Crippen molar-refractivity contribution in [3.8, 4) is 0 Å². The third kappa shape index (κ3) is 11.1. The minimum Gasteiger partial charge on any atom is -0.356 e. The van der Waals surface area contributed by atoms with Gasteiger partial charge in [0.1, 0.15) is 0 Å². The summed E-state index contributed by atoms with van der Waals surface area (Å²) in [5, 5.41) is 5.90. The molecule has 206 valence electrons. The zero-order valence-corrected chi connectivity index (χ0v) is 24.8. The molecule has 0 unspecified atom stereocenters. The molecule has 7 heteroatoms. The van der Waals surface area contributed by atoms with Crippen molar-refractivity contribution in [1.82, 2.24) is 10.6 Å². The van der Waals surface area contributed by atoms with Crippen LogP contribution in [-0.4, -0.2) is 55.3 Å². The molecule has 0 saturated carbocycles. The van der Waals surface area contributed by atoms with Crippen LogP contribution >= 0.6 is 10.3 Å². The summed E-state index contributed by atoms with van der Waals surface area (Å²) in [5.74, 6) is 0.368. The number of nitrogens with one attached hydrogen (secondary N) is 2. The molecule has 0 aromatic heterocycles. The fourth-order valence-electron chi connectivity index (χ4n) is 4.21. The Labute approximate surface area is 217 Å². The van der Waals surface area contributed by atoms with E-state index in [1.54, 1.807) is 0 Å². The maximum absolute atomic E-state index is 12.3. The Bertz CT molecular complexity index is 702. The van der Waals surface area contributed by atoms with Gasteiger partial charge in [0.05, 0.1) is 17.4 Å². The van der Waals surface area contributed by atoms with Crippen molar-refractivity contribution in [3.63, 3.8) is 0 Å². The largest absolute Gasteiger partial charge is 0.356 e. The van der Waals surface area contributed by atoms with Gasteiger partial charge in [0.15, 0.2) is 0 Å². The van der Waals surface area contributed by atoms with E-state index in [0.717, 1.165) is 70.2 Å². The number of nitrogens with two attached hydrogens (primary N) is 1. The van der Waals surface area contributed by atoms with Crippen molar-refractivity contribution in [2.75, 3.05) is 38.8 Å². The van der Waals surface area contributed by atoms with Gasteiger partial charge in [0.2, 0.25) is 11.8 Å². The van der Waals surface area contributed by atoms with E-state index in [-0.39, 0.29) is 27.4 Å². The third-order valence-corrected chi connectivity index (χ3v) is 10.7. The number of allylic oxidation sites excluding steroid dienone is 2. The minimum absolute atomic E-state index is 0.160. The van der Waals surface area contributed by atoms with Crippen LogP contribution < -0.4 is 16.4 Å². The highest BCUT2D eigenvalue weighted by Gasteiger charge is 2.39. The first-order valence-corrected chi connectivity index (χ1v) is 15.4. The quantitative estimate of drug-likeness (QED) is 0.375. The molecule has 0 radical (unpaired) electrons. The van der Waals surface area contributed by atoms with E-state index < -0.39 is 10.3 Å². The molecule has 2 heterocycles. The molecule has 2 fully saturated rings. The van der Waals surface area contributed by atoms with Gasteiger partial charge in [0, 0.05) is 17.8 Å². The van der Waals surface area contributed by atoms with E-state index in [1.807, 2.05) is 26.8 Å². The fourth-order valence-corrected chi connectivity index (χ4v) is 5.06. The standard InChI is InChI=1S/C16H31NO2S.C10H17NO.C2H7N/c1-7-9-16(10-8-12-17-14(16)18)11-13-19-20(5,6)15(2,3)4;1-8(2)7-10(3)5-4-6-11-9(10)12;1-2-3/h7H,1,8-13H2,2-6H3,(H,17,18);1,4-7H2,2-3H3,(H,11,12);2-3H2,1H3/t16-;10-;/m10./s1. The molecule has 0 aliphatic carbocycles. The van der Waals surface area contributed by atoms with Gasteiger partial charge in [0.25, 0.3) is 0 Å². The number of carbonyl (C=O) groups is 2. The van der Waals surface area contributed by atoms with Crippen LogP contribution in [0.15, 0.2) is 24.8 Å². The number of hydrogen-bond acceptors (Lipinski definition) is 4. The predicted molar refractivity (Wildman–Crippen MR) is 154 cm³/mol. The summed E-state index contributed by atoms with van der Waals surface area (Å²) in [6, 6.07) is 0. The molecule has 2 atom stereocenters. The van der Waals surface area contributed by atoms with E-state index in [4.69, 9.17) is 9.92 Å². The third-order valence-electron chi connectivity index (χ3n) is 7.00. The van der Waals surface area contributed by atoms with Gasteiger partial charge >= 0.3 is 0 Å². The lowest BCUT2D eigenvalue weighted by Gasteiger charge is -2.44. The summed E-state index contributed by atoms with van der Waals surface area (Å²) in [6.07, 6.45) is 12.7. The fraction of sp³-hybridized carbons (Fsp3) is 0.786. The Hall–Kier alpha value is -1.31. The Morgan fingerprint density at radius 1 is 1.14 bits per heavy atom. The van der Waals surface area contributed by atoms with Crippen LogP contribution in [0.1, 0.15) is 86.5 Å². The van der Waals surface area contributed by atoms with Gasteiger partial charge in [-0.2, -0.15) is 0 Å². The van der Waals surface area contributed by atoms with Gasteiger partial charge in [-0.15, -0.1) is 23.5 Å². The highest BCUT2D eigenvalue weighted by molar-refractivity contribution is 8.29. The minimum atomic E-state index is -1.12. The zero-order chi connectivity index (χ0) is 27.3. The second kappa shape index (κ2) is 15.1. The maximum atomic E-state index is 12.3. The number of hydrogen-bond donors (Lipinski definition) is 3. The molecule has 4 N–H and O–H groups in total. The van der Waals surface area contributed by atoms with Gasteiger partial charge in [-0.3, -0.25) is 9.59 Å². The molecule has 35 heavy (non-hydrogen) atoms. The van der Waals surface area contributed by atoms with Gasteiger partial charge < -0.3 is 20.6 Å². The van der Waals surface area contributed by atoms with E-state index in [0.29, 0.717) is 6.61 Å². The number of piperidine rings is 2. The molecule has 2 rings (SSSR count). The predicted octanol–water partition coefficient (Wildman–Crippen LogP) is 5.48. The highest BCUT2D eigenvalue weighted by atomic mass is 32.3. The van der Waals surface area contributed by atoms with Crippen LogP contribution in [0, 0.1) is 10.8 Å². The van der Waals surface area contributed by atoms with Crippen LogP contribution in [0.5, 0.6) is 0 Å². The first-order valence-electron chi connectivity index (χ1n) is 13.0. The molecular weight excluding hydrogens is 458 g/mol. The lowest BCUT2D eigenvalue weighted by atomic mass is 9.74. The SMILES string of the molecule is C=C(C)C[C@]1(C)CCCNC1=O.C=CC[C@]1(CCOS(C)(C)C(C)(C)C)CCCNC1=O.CCN. The van der Waals surface area contributed by atoms with Crippen molar-refractivity contribution in [1.29, 1.82) is 0 Å². The average Bonchev–Trinajstić information content (AvgIpc) is 2.72. The Morgan fingerprint density at radius 2 is 1.66 bits per heavy atom. The summed E-state index contributed by atoms with van der Waals surface area (Å²) in [5.41, 5.74) is 5.45. The first kappa shape index (κ1) is 33.7. The second-order valence-corrected chi connectivity index (χ2v) is 15.4. The van der Waals surface area contributed by atoms with Crippen LogP contribution in [0.25, 0.3) is 0 Å². The Balaban J connectivity index is 0.000000652. The molecule has 0 spiro atoms. The molecular formula is C28H55N3O3S. The van der Waals surface area contributed by atoms with Gasteiger partial charge in [-0.25, -0.2) is 0 Å². The van der Waals surface area contributed by atoms with Crippen molar-refractivity contribution >= 4 is 22.1 Å². The van der Waals surface area contributed by atoms with Crippen LogP contribution in [0.4, 0.5) is 0 Å². The van der Waals surface area contributed by atoms with Crippen molar-refractivity contribution in [2.24, 2.45) is 16.6 Å². The zero-order valence-electron chi connectivity index (χ0n) is 24.0. The number of rotatable bonds is 8. The van der Waals surface area contributed by atoms with Crippen molar-refractivity contribution in [3.05, 3.63) is 24.8 Å². The first-order chi connectivity index (χ1) is 16.1. The van der Waals surface area contributed by atoms with Gasteiger partial charge in [-0.05, 0) is 70.9 Å². The topological polar surface area (TPSA) is 93.5 Å². The Morgan fingerprint density at radius 3 is 2.09 bits per heavy atom. The lowest BCUT2D eigenvalue weighted by molar-refractivity contribution is -0.134. The van der Waals surface area contributed by atoms with E-state index in [9.17, 15) is 9.59 Å². The second-order valence-electron chi connectivity index (χ2n) is 11.5. The van der Waals surface area contributed by atoms with Crippen molar-refractivity contribution < 1.29 is 13.8 Å².